The molecule has 0 unspecified atom stereocenters. The standard InChI is InChI=1S/C10H13BrN2O2/c1-2-3-6-12-8-4-5-10(13(14)15)9(11)7-8/h4-5,7,12H,2-3,6H2,1H3. The van der Waals surface area contributed by atoms with Gasteiger partial charge in [0.05, 0.1) is 9.40 Å². The minimum atomic E-state index is -0.403. The number of nitrogens with zero attached hydrogens (tertiary/aromatic N) is 1. The molecule has 5 heteroatoms. The summed E-state index contributed by atoms with van der Waals surface area (Å²) in [6.45, 7) is 3.01. The first kappa shape index (κ1) is 12.0. The van der Waals surface area contributed by atoms with E-state index in [1.54, 1.807) is 12.1 Å². The molecule has 1 aromatic carbocycles. The van der Waals surface area contributed by atoms with E-state index in [0.29, 0.717) is 4.47 Å². The van der Waals surface area contributed by atoms with Gasteiger partial charge in [0.15, 0.2) is 0 Å². The van der Waals surface area contributed by atoms with Crippen LogP contribution in [0.3, 0.4) is 0 Å². The Morgan fingerprint density at radius 1 is 1.53 bits per heavy atom. The number of benzene rings is 1. The minimum absolute atomic E-state index is 0.0936. The zero-order valence-electron chi connectivity index (χ0n) is 8.50. The monoisotopic (exact) mass is 272 g/mol. The van der Waals surface area contributed by atoms with Crippen molar-refractivity contribution in [3.8, 4) is 0 Å². The van der Waals surface area contributed by atoms with Gasteiger partial charge in [-0.25, -0.2) is 0 Å². The first-order valence-electron chi connectivity index (χ1n) is 4.83. The normalized spacial score (nSPS) is 10.0. The maximum absolute atomic E-state index is 10.5. The molecule has 1 N–H and O–H groups in total. The second-order valence-electron chi connectivity index (χ2n) is 3.20. The van der Waals surface area contributed by atoms with E-state index >= 15 is 0 Å². The molecule has 0 amide bonds. The van der Waals surface area contributed by atoms with Gasteiger partial charge >= 0.3 is 0 Å². The highest BCUT2D eigenvalue weighted by Crippen LogP contribution is 2.27. The smallest absolute Gasteiger partial charge is 0.283 e. The molecule has 0 saturated carbocycles. The van der Waals surface area contributed by atoms with Crippen molar-refractivity contribution in [2.45, 2.75) is 19.8 Å². The van der Waals surface area contributed by atoms with Gasteiger partial charge in [-0.3, -0.25) is 10.1 Å². The molecule has 0 saturated heterocycles. The predicted molar refractivity (Wildman–Crippen MR) is 64.2 cm³/mol. The summed E-state index contributed by atoms with van der Waals surface area (Å²) in [5.74, 6) is 0. The number of anilines is 1. The lowest BCUT2D eigenvalue weighted by Crippen LogP contribution is -2.01. The van der Waals surface area contributed by atoms with Crippen molar-refractivity contribution < 1.29 is 4.92 Å². The number of unbranched alkanes of at least 4 members (excludes halogenated alkanes) is 1. The molecule has 0 spiro atoms. The highest BCUT2D eigenvalue weighted by atomic mass is 79.9. The van der Waals surface area contributed by atoms with Crippen LogP contribution in [-0.4, -0.2) is 11.5 Å². The summed E-state index contributed by atoms with van der Waals surface area (Å²) in [7, 11) is 0. The van der Waals surface area contributed by atoms with Crippen LogP contribution in [0.1, 0.15) is 19.8 Å². The van der Waals surface area contributed by atoms with Crippen molar-refractivity contribution in [2.75, 3.05) is 11.9 Å². The minimum Gasteiger partial charge on any atom is -0.385 e. The first-order valence-corrected chi connectivity index (χ1v) is 5.62. The molecule has 0 bridgehead atoms. The number of nitrogens with one attached hydrogen (secondary N) is 1. The maximum Gasteiger partial charge on any atom is 0.283 e. The average molecular weight is 273 g/mol. The fourth-order valence-corrected chi connectivity index (χ4v) is 1.70. The predicted octanol–water partition coefficient (Wildman–Crippen LogP) is 3.57. The second-order valence-corrected chi connectivity index (χ2v) is 4.06. The van der Waals surface area contributed by atoms with Crippen LogP contribution >= 0.6 is 15.9 Å². The molecule has 4 nitrogen and oxygen atoms in total. The summed E-state index contributed by atoms with van der Waals surface area (Å²) in [5.41, 5.74) is 0.997. The molecule has 0 heterocycles. The number of halogens is 1. The van der Waals surface area contributed by atoms with Crippen molar-refractivity contribution in [2.24, 2.45) is 0 Å². The van der Waals surface area contributed by atoms with E-state index in [-0.39, 0.29) is 5.69 Å². The van der Waals surface area contributed by atoms with Crippen LogP contribution in [0.15, 0.2) is 22.7 Å². The van der Waals surface area contributed by atoms with Crippen LogP contribution in [0, 0.1) is 10.1 Å². The summed E-state index contributed by atoms with van der Waals surface area (Å²) < 4.78 is 0.508. The molecule has 0 aliphatic carbocycles. The Morgan fingerprint density at radius 3 is 2.80 bits per heavy atom. The van der Waals surface area contributed by atoms with E-state index in [9.17, 15) is 10.1 Å². The Hall–Kier alpha value is -1.10. The topological polar surface area (TPSA) is 55.2 Å². The van der Waals surface area contributed by atoms with Crippen LogP contribution in [-0.2, 0) is 0 Å². The molecule has 1 rings (SSSR count). The Bertz CT molecular complexity index is 355. The average Bonchev–Trinajstić information content (AvgIpc) is 2.17. The third-order valence-corrected chi connectivity index (χ3v) is 2.64. The summed E-state index contributed by atoms with van der Waals surface area (Å²) in [6.07, 6.45) is 2.22. The highest BCUT2D eigenvalue weighted by molar-refractivity contribution is 9.10. The fourth-order valence-electron chi connectivity index (χ4n) is 1.17. The van der Waals surface area contributed by atoms with Crippen LogP contribution < -0.4 is 5.32 Å². The van der Waals surface area contributed by atoms with Gasteiger partial charge in [0.2, 0.25) is 0 Å². The van der Waals surface area contributed by atoms with Crippen LogP contribution in [0.25, 0.3) is 0 Å². The molecule has 0 aromatic heterocycles. The Morgan fingerprint density at radius 2 is 2.27 bits per heavy atom. The Labute approximate surface area is 97.0 Å². The first-order chi connectivity index (χ1) is 7.15. The number of hydrogen-bond acceptors (Lipinski definition) is 3. The van der Waals surface area contributed by atoms with Crippen LogP contribution in [0.4, 0.5) is 11.4 Å². The third kappa shape index (κ3) is 3.51. The molecule has 1 aromatic rings. The van der Waals surface area contributed by atoms with Gasteiger partial charge < -0.3 is 5.32 Å². The van der Waals surface area contributed by atoms with Gasteiger partial charge in [0.1, 0.15) is 0 Å². The lowest BCUT2D eigenvalue weighted by molar-refractivity contribution is -0.385. The summed E-state index contributed by atoms with van der Waals surface area (Å²) in [4.78, 5) is 10.1. The molecular formula is C10H13BrN2O2. The van der Waals surface area contributed by atoms with Gasteiger partial charge in [0, 0.05) is 18.3 Å². The van der Waals surface area contributed by atoms with E-state index in [4.69, 9.17) is 0 Å². The van der Waals surface area contributed by atoms with Crippen molar-refractivity contribution in [3.05, 3.63) is 32.8 Å². The van der Waals surface area contributed by atoms with Gasteiger partial charge in [-0.1, -0.05) is 13.3 Å². The molecule has 82 valence electrons. The van der Waals surface area contributed by atoms with Crippen LogP contribution in [0.2, 0.25) is 0 Å². The molecule has 15 heavy (non-hydrogen) atoms. The zero-order valence-corrected chi connectivity index (χ0v) is 10.1. The van der Waals surface area contributed by atoms with E-state index in [0.717, 1.165) is 25.1 Å². The van der Waals surface area contributed by atoms with Crippen LogP contribution in [0.5, 0.6) is 0 Å². The number of hydrogen-bond donors (Lipinski definition) is 1. The number of rotatable bonds is 5. The lowest BCUT2D eigenvalue weighted by atomic mass is 10.2. The molecular weight excluding hydrogens is 260 g/mol. The van der Waals surface area contributed by atoms with E-state index in [2.05, 4.69) is 28.2 Å². The molecule has 0 radical (unpaired) electrons. The SMILES string of the molecule is CCCCNc1ccc([N+](=O)[O-])c(Br)c1. The Balaban J connectivity index is 2.69. The molecule has 0 aliphatic heterocycles. The van der Waals surface area contributed by atoms with E-state index in [1.807, 2.05) is 0 Å². The van der Waals surface area contributed by atoms with E-state index < -0.39 is 4.92 Å². The summed E-state index contributed by atoms with van der Waals surface area (Å²) in [5, 5.41) is 13.7. The van der Waals surface area contributed by atoms with Crippen molar-refractivity contribution in [3.63, 3.8) is 0 Å². The molecule has 0 aliphatic rings. The molecule has 0 fully saturated rings. The maximum atomic E-state index is 10.5. The van der Waals surface area contributed by atoms with Crippen molar-refractivity contribution in [1.29, 1.82) is 0 Å². The lowest BCUT2D eigenvalue weighted by Gasteiger charge is -2.05. The van der Waals surface area contributed by atoms with Gasteiger partial charge in [0.25, 0.3) is 5.69 Å². The number of nitro groups is 1. The quantitative estimate of drug-likeness (QED) is 0.507. The largest absolute Gasteiger partial charge is 0.385 e. The third-order valence-electron chi connectivity index (χ3n) is 2.00. The fraction of sp³-hybridized carbons (Fsp3) is 0.400. The highest BCUT2D eigenvalue weighted by Gasteiger charge is 2.10. The van der Waals surface area contributed by atoms with Gasteiger partial charge in [-0.2, -0.15) is 0 Å². The van der Waals surface area contributed by atoms with E-state index in [1.165, 1.54) is 6.07 Å². The number of nitro benzene ring substituents is 1. The zero-order chi connectivity index (χ0) is 11.3. The molecule has 0 atom stereocenters. The van der Waals surface area contributed by atoms with Gasteiger partial charge in [-0.05, 0) is 34.5 Å². The second kappa shape index (κ2) is 5.70. The summed E-state index contributed by atoms with van der Waals surface area (Å²) in [6, 6.07) is 4.95. The Kier molecular flexibility index (Phi) is 4.55. The van der Waals surface area contributed by atoms with Gasteiger partial charge in [-0.15, -0.1) is 0 Å². The summed E-state index contributed by atoms with van der Waals surface area (Å²) >= 11 is 3.18. The van der Waals surface area contributed by atoms with Crippen molar-refractivity contribution in [1.82, 2.24) is 0 Å². The van der Waals surface area contributed by atoms with Crippen molar-refractivity contribution >= 4 is 27.3 Å².